The summed E-state index contributed by atoms with van der Waals surface area (Å²) in [4.78, 5) is 11.6. The quantitative estimate of drug-likeness (QED) is 0.771. The minimum atomic E-state index is -0.0447. The number of rotatable bonds is 3. The predicted molar refractivity (Wildman–Crippen MR) is 62.7 cm³/mol. The molecule has 2 heteroatoms. The second-order valence-electron chi connectivity index (χ2n) is 3.99. The Morgan fingerprint density at radius 1 is 1.50 bits per heavy atom. The minimum absolute atomic E-state index is 0.0134. The third-order valence-electron chi connectivity index (χ3n) is 2.93. The Balaban J connectivity index is 2.27. The lowest BCUT2D eigenvalue weighted by Crippen LogP contribution is -2.00. The Morgan fingerprint density at radius 3 is 3.00 bits per heavy atom. The van der Waals surface area contributed by atoms with Crippen molar-refractivity contribution < 1.29 is 4.79 Å². The summed E-state index contributed by atoms with van der Waals surface area (Å²) in [6, 6.07) is 8.21. The lowest BCUT2D eigenvalue weighted by atomic mass is 10.0. The van der Waals surface area contributed by atoms with Gasteiger partial charge in [0.25, 0.3) is 0 Å². The highest BCUT2D eigenvalue weighted by Crippen LogP contribution is 2.27. The van der Waals surface area contributed by atoms with Crippen LogP contribution in [0, 0.1) is 11.3 Å². The highest BCUT2D eigenvalue weighted by atomic mass is 16.1. The molecule has 0 radical (unpaired) electrons. The normalized spacial score (nSPS) is 12.9. The van der Waals surface area contributed by atoms with Crippen LogP contribution < -0.4 is 0 Å². The number of carbonyl (C=O) groups is 1. The minimum Gasteiger partial charge on any atom is -0.293 e. The molecule has 0 heterocycles. The second-order valence-corrected chi connectivity index (χ2v) is 3.99. The third kappa shape index (κ3) is 1.90. The summed E-state index contributed by atoms with van der Waals surface area (Å²) in [5.41, 5.74) is 4.38. The molecule has 1 aromatic rings. The highest BCUT2D eigenvalue weighted by molar-refractivity contribution is 6.02. The van der Waals surface area contributed by atoms with E-state index in [0.29, 0.717) is 6.42 Å². The topological polar surface area (TPSA) is 40.9 Å². The van der Waals surface area contributed by atoms with Gasteiger partial charge in [-0.3, -0.25) is 4.79 Å². The molecule has 1 aliphatic rings. The van der Waals surface area contributed by atoms with Crippen molar-refractivity contribution in [3.8, 4) is 6.07 Å². The van der Waals surface area contributed by atoms with Crippen molar-refractivity contribution in [3.05, 3.63) is 40.5 Å². The van der Waals surface area contributed by atoms with Crippen LogP contribution in [0.15, 0.2) is 23.8 Å². The molecular weight excluding hydrogens is 198 g/mol. The molecule has 0 unspecified atom stereocenters. The van der Waals surface area contributed by atoms with Crippen molar-refractivity contribution in [2.45, 2.75) is 26.2 Å². The monoisotopic (exact) mass is 211 g/mol. The molecule has 0 aliphatic heterocycles. The van der Waals surface area contributed by atoms with E-state index in [2.05, 4.69) is 25.1 Å². The average molecular weight is 211 g/mol. The molecule has 0 bridgehead atoms. The molecule has 80 valence electrons. The molecule has 0 N–H and O–H groups in total. The van der Waals surface area contributed by atoms with Crippen molar-refractivity contribution in [2.24, 2.45) is 0 Å². The Hall–Kier alpha value is -1.88. The summed E-state index contributed by atoms with van der Waals surface area (Å²) < 4.78 is 0. The largest absolute Gasteiger partial charge is 0.293 e. The van der Waals surface area contributed by atoms with Gasteiger partial charge in [0.1, 0.15) is 0 Å². The van der Waals surface area contributed by atoms with E-state index >= 15 is 0 Å². The second kappa shape index (κ2) is 4.32. The van der Waals surface area contributed by atoms with Crippen molar-refractivity contribution in [1.82, 2.24) is 0 Å². The van der Waals surface area contributed by atoms with Gasteiger partial charge in [0, 0.05) is 12.0 Å². The summed E-state index contributed by atoms with van der Waals surface area (Å²) in [6.45, 7) is 2.11. The van der Waals surface area contributed by atoms with Crippen molar-refractivity contribution in [3.63, 3.8) is 0 Å². The van der Waals surface area contributed by atoms with E-state index < -0.39 is 0 Å². The maximum atomic E-state index is 11.6. The lowest BCUT2D eigenvalue weighted by Gasteiger charge is -2.01. The zero-order valence-electron chi connectivity index (χ0n) is 9.29. The molecule has 0 amide bonds. The summed E-state index contributed by atoms with van der Waals surface area (Å²) >= 11 is 0. The van der Waals surface area contributed by atoms with Gasteiger partial charge in [0.2, 0.25) is 0 Å². The number of hydrogen-bond acceptors (Lipinski definition) is 2. The predicted octanol–water partition coefficient (Wildman–Crippen LogP) is 2.67. The fourth-order valence-corrected chi connectivity index (χ4v) is 1.97. The van der Waals surface area contributed by atoms with Crippen molar-refractivity contribution >= 4 is 11.9 Å². The van der Waals surface area contributed by atoms with Crippen LogP contribution >= 0.6 is 0 Å². The fraction of sp³-hybridized carbons (Fsp3) is 0.286. The SMILES string of the molecule is CCc1ccc2c(c1)C=C(C(=O)CC#N)C2. The Kier molecular flexibility index (Phi) is 2.87. The number of hydrogen-bond donors (Lipinski definition) is 0. The molecule has 2 nitrogen and oxygen atoms in total. The average Bonchev–Trinajstić information content (AvgIpc) is 2.71. The van der Waals surface area contributed by atoms with Gasteiger partial charge in [-0.25, -0.2) is 0 Å². The van der Waals surface area contributed by atoms with Crippen LogP contribution in [0.4, 0.5) is 0 Å². The molecule has 0 fully saturated rings. The third-order valence-corrected chi connectivity index (χ3v) is 2.93. The first kappa shape index (κ1) is 10.6. The number of carbonyl (C=O) groups excluding carboxylic acids is 1. The van der Waals surface area contributed by atoms with Crippen LogP contribution in [0.5, 0.6) is 0 Å². The molecule has 1 aliphatic carbocycles. The van der Waals surface area contributed by atoms with Crippen LogP contribution in [0.1, 0.15) is 30.0 Å². The summed E-state index contributed by atoms with van der Waals surface area (Å²) in [5, 5.41) is 8.50. The summed E-state index contributed by atoms with van der Waals surface area (Å²) in [7, 11) is 0. The highest BCUT2D eigenvalue weighted by Gasteiger charge is 2.17. The van der Waals surface area contributed by atoms with E-state index in [0.717, 1.165) is 17.6 Å². The van der Waals surface area contributed by atoms with Gasteiger partial charge in [0.05, 0.1) is 12.5 Å². The number of allylic oxidation sites excluding steroid dienone is 1. The number of fused-ring (bicyclic) bond motifs is 1. The Bertz CT molecular complexity index is 506. The molecule has 0 spiro atoms. The van der Waals surface area contributed by atoms with Gasteiger partial charge in [0.15, 0.2) is 5.78 Å². The fourth-order valence-electron chi connectivity index (χ4n) is 1.97. The van der Waals surface area contributed by atoms with Crippen LogP contribution in [0.25, 0.3) is 6.08 Å². The molecule has 0 saturated heterocycles. The van der Waals surface area contributed by atoms with E-state index in [4.69, 9.17) is 5.26 Å². The first-order valence-corrected chi connectivity index (χ1v) is 5.47. The van der Waals surface area contributed by atoms with E-state index in [1.165, 1.54) is 11.1 Å². The van der Waals surface area contributed by atoms with Gasteiger partial charge in [-0.2, -0.15) is 5.26 Å². The van der Waals surface area contributed by atoms with E-state index in [1.807, 2.05) is 12.1 Å². The van der Waals surface area contributed by atoms with Gasteiger partial charge < -0.3 is 0 Å². The molecule has 2 rings (SSSR count). The first-order valence-electron chi connectivity index (χ1n) is 5.47. The smallest absolute Gasteiger partial charge is 0.173 e. The standard InChI is InChI=1S/C14H13NO/c1-2-10-3-4-11-8-13(9-12(11)7-10)14(16)5-6-15/h3-4,7,9H,2,5,8H2,1H3. The molecule has 1 aromatic carbocycles. The Labute approximate surface area is 95.2 Å². The molecule has 0 atom stereocenters. The maximum absolute atomic E-state index is 11.6. The molecular formula is C14H13NO. The molecule has 16 heavy (non-hydrogen) atoms. The molecule has 0 aromatic heterocycles. The van der Waals surface area contributed by atoms with Gasteiger partial charge in [-0.1, -0.05) is 25.1 Å². The Morgan fingerprint density at radius 2 is 2.31 bits per heavy atom. The van der Waals surface area contributed by atoms with E-state index in [9.17, 15) is 4.79 Å². The van der Waals surface area contributed by atoms with Crippen molar-refractivity contribution in [1.29, 1.82) is 5.26 Å². The van der Waals surface area contributed by atoms with Gasteiger partial charge >= 0.3 is 0 Å². The number of benzene rings is 1. The van der Waals surface area contributed by atoms with Crippen LogP contribution in [0.3, 0.4) is 0 Å². The summed E-state index contributed by atoms with van der Waals surface area (Å²) in [5.74, 6) is -0.0447. The maximum Gasteiger partial charge on any atom is 0.173 e. The first-order chi connectivity index (χ1) is 7.74. The van der Waals surface area contributed by atoms with Gasteiger partial charge in [-0.15, -0.1) is 0 Å². The van der Waals surface area contributed by atoms with E-state index in [1.54, 1.807) is 0 Å². The van der Waals surface area contributed by atoms with Crippen LogP contribution in [-0.4, -0.2) is 5.78 Å². The number of nitrogens with zero attached hydrogens (tertiary/aromatic N) is 1. The van der Waals surface area contributed by atoms with Crippen molar-refractivity contribution in [2.75, 3.05) is 0 Å². The number of Topliss-reactive ketones (excluding diaryl/α,β-unsaturated/α-hetero) is 1. The number of ketones is 1. The lowest BCUT2D eigenvalue weighted by molar-refractivity contribution is -0.114. The summed E-state index contributed by atoms with van der Waals surface area (Å²) in [6.07, 6.45) is 3.59. The van der Waals surface area contributed by atoms with Crippen LogP contribution in [-0.2, 0) is 17.6 Å². The van der Waals surface area contributed by atoms with Gasteiger partial charge in [-0.05, 0) is 29.2 Å². The van der Waals surface area contributed by atoms with Crippen LogP contribution in [0.2, 0.25) is 0 Å². The zero-order valence-corrected chi connectivity index (χ0v) is 9.29. The number of nitriles is 1. The number of aryl methyl sites for hydroxylation is 1. The van der Waals surface area contributed by atoms with E-state index in [-0.39, 0.29) is 12.2 Å². The zero-order chi connectivity index (χ0) is 11.5. The molecule has 0 saturated carbocycles.